The van der Waals surface area contributed by atoms with Crippen LogP contribution in [0.5, 0.6) is 0 Å². The van der Waals surface area contributed by atoms with Gasteiger partial charge in [0.15, 0.2) is 0 Å². The Hall–Kier alpha value is -3.48. The molecule has 4 aromatic rings. The molecule has 0 amide bonds. The highest BCUT2D eigenvalue weighted by Crippen LogP contribution is 2.10. The van der Waals surface area contributed by atoms with Crippen molar-refractivity contribution in [2.45, 2.75) is 32.4 Å². The maximum atomic E-state index is 4.90. The minimum Gasteiger partial charge on any atom is -0.300 e. The van der Waals surface area contributed by atoms with Gasteiger partial charge in [-0.25, -0.2) is 0 Å². The fraction of sp³-hybridized carbons (Fsp3) is 0.310. The molecule has 0 aliphatic carbocycles. The van der Waals surface area contributed by atoms with Gasteiger partial charge in [0.1, 0.15) is 0 Å². The maximum absolute atomic E-state index is 4.90. The van der Waals surface area contributed by atoms with Crippen molar-refractivity contribution >= 4 is 0 Å². The van der Waals surface area contributed by atoms with Crippen molar-refractivity contribution in [2.24, 2.45) is 0 Å². The molecule has 0 atom stereocenters. The largest absolute Gasteiger partial charge is 0.300 e. The average molecular weight is 467 g/mol. The fourth-order valence-electron chi connectivity index (χ4n) is 4.03. The van der Waals surface area contributed by atoms with Crippen molar-refractivity contribution < 1.29 is 0 Å². The molecule has 6 nitrogen and oxygen atoms in total. The quantitative estimate of drug-likeness (QED) is 0.312. The van der Waals surface area contributed by atoms with E-state index in [2.05, 4.69) is 82.4 Å². The second kappa shape index (κ2) is 12.8. The zero-order valence-corrected chi connectivity index (χ0v) is 20.7. The molecule has 0 unspecified atom stereocenters. The molecule has 6 heteroatoms. The first kappa shape index (κ1) is 24.6. The summed E-state index contributed by atoms with van der Waals surface area (Å²) in [6.45, 7) is 3.52. The Bertz CT molecular complexity index is 1070. The van der Waals surface area contributed by atoms with Gasteiger partial charge in [-0.15, -0.1) is 0 Å². The molecule has 0 bridgehead atoms. The number of hydrogen-bond acceptors (Lipinski definition) is 6. The standard InChI is InChI=1S/C29H34N6/c1-34(19-15-24-9-3-5-17-30-24)22-28-13-7-11-26(32-28)21-27-12-8-14-29(33-27)23-35(2)20-16-25-10-4-6-18-31-25/h3-14,17-18H,15-16,19-23H2,1-2H3. The van der Waals surface area contributed by atoms with Crippen LogP contribution in [0.4, 0.5) is 0 Å². The Morgan fingerprint density at radius 3 is 1.37 bits per heavy atom. The summed E-state index contributed by atoms with van der Waals surface area (Å²) in [5, 5.41) is 0. The Labute approximate surface area is 208 Å². The van der Waals surface area contributed by atoms with Crippen LogP contribution in [0.1, 0.15) is 34.2 Å². The molecule has 0 aliphatic heterocycles. The van der Waals surface area contributed by atoms with Gasteiger partial charge in [0.05, 0.1) is 11.4 Å². The van der Waals surface area contributed by atoms with Crippen molar-refractivity contribution in [3.8, 4) is 0 Å². The van der Waals surface area contributed by atoms with Gasteiger partial charge in [-0.3, -0.25) is 19.9 Å². The van der Waals surface area contributed by atoms with Crippen LogP contribution >= 0.6 is 0 Å². The summed E-state index contributed by atoms with van der Waals surface area (Å²) in [6, 6.07) is 24.7. The fourth-order valence-corrected chi connectivity index (χ4v) is 4.03. The third kappa shape index (κ3) is 8.35. The number of aromatic nitrogens is 4. The van der Waals surface area contributed by atoms with Crippen molar-refractivity contribution in [1.29, 1.82) is 0 Å². The topological polar surface area (TPSA) is 58.0 Å². The minimum atomic E-state index is 0.733. The highest BCUT2D eigenvalue weighted by molar-refractivity contribution is 5.20. The van der Waals surface area contributed by atoms with E-state index < -0.39 is 0 Å². The van der Waals surface area contributed by atoms with Crippen molar-refractivity contribution in [3.63, 3.8) is 0 Å². The molecule has 0 aliphatic rings. The molecule has 0 fully saturated rings. The molecular weight excluding hydrogens is 432 g/mol. The summed E-state index contributed by atoms with van der Waals surface area (Å²) in [5.74, 6) is 0. The number of pyridine rings is 4. The Kier molecular flexibility index (Phi) is 9.04. The van der Waals surface area contributed by atoms with Gasteiger partial charge in [0.2, 0.25) is 0 Å². The summed E-state index contributed by atoms with van der Waals surface area (Å²) in [5.41, 5.74) is 6.50. The molecule has 0 radical (unpaired) electrons. The highest BCUT2D eigenvalue weighted by atomic mass is 15.1. The van der Waals surface area contributed by atoms with Crippen LogP contribution in [0.15, 0.2) is 85.2 Å². The minimum absolute atomic E-state index is 0.733. The molecule has 0 N–H and O–H groups in total. The zero-order chi connectivity index (χ0) is 24.3. The first-order valence-electron chi connectivity index (χ1n) is 12.2. The van der Waals surface area contributed by atoms with E-state index in [9.17, 15) is 0 Å². The van der Waals surface area contributed by atoms with Gasteiger partial charge >= 0.3 is 0 Å². The van der Waals surface area contributed by atoms with Gasteiger partial charge in [-0.1, -0.05) is 24.3 Å². The maximum Gasteiger partial charge on any atom is 0.0547 e. The van der Waals surface area contributed by atoms with Gasteiger partial charge in [0.25, 0.3) is 0 Å². The summed E-state index contributed by atoms with van der Waals surface area (Å²) < 4.78 is 0. The molecule has 35 heavy (non-hydrogen) atoms. The molecule has 180 valence electrons. The van der Waals surface area contributed by atoms with Crippen molar-refractivity contribution in [2.75, 3.05) is 27.2 Å². The van der Waals surface area contributed by atoms with Crippen LogP contribution in [0, 0.1) is 0 Å². The van der Waals surface area contributed by atoms with Crippen LogP contribution < -0.4 is 0 Å². The van der Waals surface area contributed by atoms with E-state index in [0.29, 0.717) is 0 Å². The average Bonchev–Trinajstić information content (AvgIpc) is 2.88. The Morgan fingerprint density at radius 2 is 0.943 bits per heavy atom. The van der Waals surface area contributed by atoms with Crippen molar-refractivity contribution in [3.05, 3.63) is 119 Å². The third-order valence-electron chi connectivity index (χ3n) is 5.91. The smallest absolute Gasteiger partial charge is 0.0547 e. The number of nitrogens with zero attached hydrogens (tertiary/aromatic N) is 6. The van der Waals surface area contributed by atoms with E-state index in [1.165, 1.54) is 0 Å². The lowest BCUT2D eigenvalue weighted by Gasteiger charge is -2.17. The van der Waals surface area contributed by atoms with Gasteiger partial charge in [-0.05, 0) is 62.6 Å². The molecule has 0 saturated carbocycles. The monoisotopic (exact) mass is 466 g/mol. The number of likely N-dealkylation sites (N-methyl/N-ethyl adjacent to an activating group) is 2. The molecule has 4 heterocycles. The van der Waals surface area contributed by atoms with Crippen LogP contribution in [-0.4, -0.2) is 56.9 Å². The predicted octanol–water partition coefficient (Wildman–Crippen LogP) is 4.21. The Balaban J connectivity index is 1.28. The number of hydrogen-bond donors (Lipinski definition) is 0. The molecular formula is C29H34N6. The lowest BCUT2D eigenvalue weighted by atomic mass is 10.1. The Morgan fingerprint density at radius 1 is 0.514 bits per heavy atom. The molecule has 0 aromatic carbocycles. The normalized spacial score (nSPS) is 11.3. The van der Waals surface area contributed by atoms with Gasteiger partial charge < -0.3 is 9.80 Å². The summed E-state index contributed by atoms with van der Waals surface area (Å²) in [4.78, 5) is 23.2. The van der Waals surface area contributed by atoms with Crippen molar-refractivity contribution in [1.82, 2.24) is 29.7 Å². The SMILES string of the molecule is CN(CCc1ccccn1)Cc1cccc(Cc2cccc(CN(C)CCc3ccccn3)n2)n1. The lowest BCUT2D eigenvalue weighted by Crippen LogP contribution is -2.22. The first-order valence-corrected chi connectivity index (χ1v) is 12.2. The molecule has 4 aromatic heterocycles. The van der Waals surface area contributed by atoms with E-state index >= 15 is 0 Å². The zero-order valence-electron chi connectivity index (χ0n) is 20.7. The van der Waals surface area contributed by atoms with Crippen LogP contribution in [0.2, 0.25) is 0 Å². The molecule has 0 spiro atoms. The second-order valence-electron chi connectivity index (χ2n) is 9.04. The van der Waals surface area contributed by atoms with Gasteiger partial charge in [-0.2, -0.15) is 0 Å². The first-order chi connectivity index (χ1) is 17.1. The van der Waals surface area contributed by atoms with E-state index in [4.69, 9.17) is 9.97 Å². The lowest BCUT2D eigenvalue weighted by molar-refractivity contribution is 0.325. The molecule has 0 saturated heterocycles. The summed E-state index contributed by atoms with van der Waals surface area (Å²) in [7, 11) is 4.26. The molecule has 4 rings (SSSR count). The number of rotatable bonds is 12. The van der Waals surface area contributed by atoms with E-state index in [-0.39, 0.29) is 0 Å². The highest BCUT2D eigenvalue weighted by Gasteiger charge is 2.07. The summed E-state index contributed by atoms with van der Waals surface area (Å²) in [6.07, 6.45) is 6.30. The van der Waals surface area contributed by atoms with Gasteiger partial charge in [0, 0.05) is 80.6 Å². The summed E-state index contributed by atoms with van der Waals surface area (Å²) >= 11 is 0. The van der Waals surface area contributed by atoms with E-state index in [1.54, 1.807) is 0 Å². The van der Waals surface area contributed by atoms with Crippen LogP contribution in [0.3, 0.4) is 0 Å². The second-order valence-corrected chi connectivity index (χ2v) is 9.04. The predicted molar refractivity (Wildman–Crippen MR) is 140 cm³/mol. The third-order valence-corrected chi connectivity index (χ3v) is 5.91. The van der Waals surface area contributed by atoms with E-state index in [1.807, 2.05) is 36.7 Å². The van der Waals surface area contributed by atoms with E-state index in [0.717, 1.165) is 79.6 Å². The van der Waals surface area contributed by atoms with Crippen LogP contribution in [-0.2, 0) is 32.4 Å². The van der Waals surface area contributed by atoms with Crippen LogP contribution in [0.25, 0.3) is 0 Å².